The summed E-state index contributed by atoms with van der Waals surface area (Å²) in [4.78, 5) is 25.5. The van der Waals surface area contributed by atoms with E-state index >= 15 is 0 Å². The number of benzene rings is 2. The molecule has 29 heavy (non-hydrogen) atoms. The normalized spacial score (nSPS) is 10.2. The molecule has 0 aliphatic carbocycles. The Morgan fingerprint density at radius 1 is 1.10 bits per heavy atom. The third kappa shape index (κ3) is 7.17. The van der Waals surface area contributed by atoms with E-state index in [0.29, 0.717) is 42.5 Å². The van der Waals surface area contributed by atoms with Gasteiger partial charge in [-0.3, -0.25) is 14.9 Å². The fourth-order valence-corrected chi connectivity index (χ4v) is 2.61. The number of carbonyl (C=O) groups excluding carboxylic acids is 2. The lowest BCUT2D eigenvalue weighted by Crippen LogP contribution is -2.34. The molecule has 0 unspecified atom stereocenters. The lowest BCUT2D eigenvalue weighted by molar-refractivity contribution is -0.116. The molecule has 7 nitrogen and oxygen atoms in total. The summed E-state index contributed by atoms with van der Waals surface area (Å²) in [6, 6.07) is 14.0. The number of nitrogens with zero attached hydrogens (tertiary/aromatic N) is 1. The van der Waals surface area contributed by atoms with Crippen molar-refractivity contribution in [3.63, 3.8) is 0 Å². The van der Waals surface area contributed by atoms with Gasteiger partial charge < -0.3 is 19.7 Å². The van der Waals surface area contributed by atoms with Gasteiger partial charge in [0.25, 0.3) is 5.91 Å². The van der Waals surface area contributed by atoms with Crippen molar-refractivity contribution in [3.05, 3.63) is 54.1 Å². The first-order valence-electron chi connectivity index (χ1n) is 9.18. The molecule has 0 heterocycles. The standard InChI is InChI=1S/C21H25N3O4S/c1-4-27-11-12-28-19-10-5-7-16(13-19)20(26)23-21(29)22-17-8-6-9-18(14-17)24(3)15(2)25/h5-10,13-14H,4,11-12H2,1-3H3,(H2,22,23,26,29). The zero-order valence-corrected chi connectivity index (χ0v) is 17.5. The number of amides is 2. The minimum absolute atomic E-state index is 0.0820. The Labute approximate surface area is 176 Å². The van der Waals surface area contributed by atoms with E-state index < -0.39 is 0 Å². The van der Waals surface area contributed by atoms with Crippen LogP contribution in [-0.2, 0) is 9.53 Å². The Hall–Kier alpha value is -2.97. The van der Waals surface area contributed by atoms with Gasteiger partial charge in [-0.05, 0) is 55.5 Å². The Balaban J connectivity index is 1.95. The summed E-state index contributed by atoms with van der Waals surface area (Å²) in [6.07, 6.45) is 0. The van der Waals surface area contributed by atoms with Crippen molar-refractivity contribution >= 4 is 40.5 Å². The van der Waals surface area contributed by atoms with E-state index in [0.717, 1.165) is 0 Å². The molecule has 0 spiro atoms. The highest BCUT2D eigenvalue weighted by Crippen LogP contribution is 2.18. The number of thiocarbonyl (C=S) groups is 1. The van der Waals surface area contributed by atoms with Gasteiger partial charge in [0.05, 0.1) is 6.61 Å². The van der Waals surface area contributed by atoms with Crippen LogP contribution in [0.5, 0.6) is 5.75 Å². The summed E-state index contributed by atoms with van der Waals surface area (Å²) in [5.41, 5.74) is 1.80. The van der Waals surface area contributed by atoms with E-state index in [1.54, 1.807) is 49.5 Å². The lowest BCUT2D eigenvalue weighted by Gasteiger charge is -2.16. The quantitative estimate of drug-likeness (QED) is 0.509. The number of rotatable bonds is 8. The van der Waals surface area contributed by atoms with Crippen LogP contribution in [0.2, 0.25) is 0 Å². The van der Waals surface area contributed by atoms with Gasteiger partial charge in [0.15, 0.2) is 5.11 Å². The molecule has 0 aliphatic rings. The van der Waals surface area contributed by atoms with Crippen LogP contribution in [-0.4, -0.2) is 43.8 Å². The van der Waals surface area contributed by atoms with E-state index in [2.05, 4.69) is 10.6 Å². The monoisotopic (exact) mass is 415 g/mol. The zero-order valence-electron chi connectivity index (χ0n) is 16.7. The summed E-state index contributed by atoms with van der Waals surface area (Å²) in [7, 11) is 1.69. The highest BCUT2D eigenvalue weighted by Gasteiger charge is 2.10. The molecule has 0 saturated heterocycles. The highest BCUT2D eigenvalue weighted by atomic mass is 32.1. The van der Waals surface area contributed by atoms with E-state index in [4.69, 9.17) is 21.7 Å². The van der Waals surface area contributed by atoms with Gasteiger partial charge >= 0.3 is 0 Å². The first-order chi connectivity index (χ1) is 13.9. The summed E-state index contributed by atoms with van der Waals surface area (Å²) < 4.78 is 10.8. The van der Waals surface area contributed by atoms with Crippen molar-refractivity contribution in [2.75, 3.05) is 37.1 Å². The number of nitrogens with one attached hydrogen (secondary N) is 2. The van der Waals surface area contributed by atoms with Crippen molar-refractivity contribution in [2.45, 2.75) is 13.8 Å². The zero-order chi connectivity index (χ0) is 21.2. The Bertz CT molecular complexity index is 873. The maximum atomic E-state index is 12.5. The van der Waals surface area contributed by atoms with E-state index in [1.165, 1.54) is 11.8 Å². The molecule has 0 atom stereocenters. The molecule has 0 aromatic heterocycles. The third-order valence-electron chi connectivity index (χ3n) is 3.99. The van der Waals surface area contributed by atoms with Crippen molar-refractivity contribution in [3.8, 4) is 5.75 Å². The molecule has 8 heteroatoms. The third-order valence-corrected chi connectivity index (χ3v) is 4.19. The number of hydrogen-bond donors (Lipinski definition) is 2. The van der Waals surface area contributed by atoms with Crippen LogP contribution in [0.4, 0.5) is 11.4 Å². The maximum absolute atomic E-state index is 12.5. The minimum Gasteiger partial charge on any atom is -0.491 e. The molecule has 2 N–H and O–H groups in total. The average Bonchev–Trinajstić information content (AvgIpc) is 2.71. The molecular weight excluding hydrogens is 390 g/mol. The molecule has 0 fully saturated rings. The van der Waals surface area contributed by atoms with Crippen molar-refractivity contribution in [2.24, 2.45) is 0 Å². The molecule has 0 aliphatic heterocycles. The highest BCUT2D eigenvalue weighted by molar-refractivity contribution is 7.80. The van der Waals surface area contributed by atoms with Crippen LogP contribution in [0.3, 0.4) is 0 Å². The Morgan fingerprint density at radius 2 is 1.86 bits per heavy atom. The first-order valence-corrected chi connectivity index (χ1v) is 9.59. The second-order valence-electron chi connectivity index (χ2n) is 6.11. The molecule has 2 aromatic carbocycles. The van der Waals surface area contributed by atoms with Gasteiger partial charge in [-0.1, -0.05) is 12.1 Å². The molecule has 154 valence electrons. The Morgan fingerprint density at radius 3 is 2.59 bits per heavy atom. The largest absolute Gasteiger partial charge is 0.491 e. The van der Waals surface area contributed by atoms with Gasteiger partial charge in [-0.25, -0.2) is 0 Å². The van der Waals surface area contributed by atoms with Crippen molar-refractivity contribution < 1.29 is 19.1 Å². The van der Waals surface area contributed by atoms with E-state index in [9.17, 15) is 9.59 Å². The second kappa shape index (κ2) is 11.1. The van der Waals surface area contributed by atoms with Crippen LogP contribution >= 0.6 is 12.2 Å². The molecule has 0 saturated carbocycles. The minimum atomic E-state index is -0.352. The van der Waals surface area contributed by atoms with Crippen molar-refractivity contribution in [1.29, 1.82) is 0 Å². The number of anilines is 2. The number of ether oxygens (including phenoxy) is 2. The van der Waals surface area contributed by atoms with Crippen molar-refractivity contribution in [1.82, 2.24) is 5.32 Å². The topological polar surface area (TPSA) is 79.9 Å². The average molecular weight is 416 g/mol. The molecule has 0 bridgehead atoms. The number of hydrogen-bond acceptors (Lipinski definition) is 5. The molecular formula is C21H25N3O4S. The fourth-order valence-electron chi connectivity index (χ4n) is 2.40. The predicted octanol–water partition coefficient (Wildman–Crippen LogP) is 3.21. The van der Waals surface area contributed by atoms with Crippen LogP contribution in [0.15, 0.2) is 48.5 Å². The lowest BCUT2D eigenvalue weighted by atomic mass is 10.2. The van der Waals surface area contributed by atoms with Gasteiger partial charge in [-0.2, -0.15) is 0 Å². The Kier molecular flexibility index (Phi) is 8.57. The van der Waals surface area contributed by atoms with Gasteiger partial charge in [0.1, 0.15) is 12.4 Å². The summed E-state index contributed by atoms with van der Waals surface area (Å²) in [5.74, 6) is 0.146. The van der Waals surface area contributed by atoms with Gasteiger partial charge in [-0.15, -0.1) is 0 Å². The van der Waals surface area contributed by atoms with Crippen LogP contribution in [0.25, 0.3) is 0 Å². The van der Waals surface area contributed by atoms with Crippen LogP contribution in [0.1, 0.15) is 24.2 Å². The SMILES string of the molecule is CCOCCOc1cccc(C(=O)NC(=S)Nc2cccc(N(C)C(C)=O)c2)c1. The summed E-state index contributed by atoms with van der Waals surface area (Å²) >= 11 is 5.23. The van der Waals surface area contributed by atoms with Crippen LogP contribution < -0.4 is 20.3 Å². The van der Waals surface area contributed by atoms with Gasteiger partial charge in [0, 0.05) is 37.5 Å². The van der Waals surface area contributed by atoms with E-state index in [1.807, 2.05) is 13.0 Å². The molecule has 2 aromatic rings. The molecule has 2 amide bonds. The van der Waals surface area contributed by atoms with E-state index in [-0.39, 0.29) is 16.9 Å². The molecule has 2 rings (SSSR count). The molecule has 0 radical (unpaired) electrons. The smallest absolute Gasteiger partial charge is 0.257 e. The predicted molar refractivity (Wildman–Crippen MR) is 118 cm³/mol. The fraction of sp³-hybridized carbons (Fsp3) is 0.286. The second-order valence-corrected chi connectivity index (χ2v) is 6.52. The number of carbonyl (C=O) groups is 2. The van der Waals surface area contributed by atoms with Crippen LogP contribution in [0, 0.1) is 0 Å². The summed E-state index contributed by atoms with van der Waals surface area (Å²) in [5, 5.41) is 5.75. The van der Waals surface area contributed by atoms with Gasteiger partial charge in [0.2, 0.25) is 5.91 Å². The summed E-state index contributed by atoms with van der Waals surface area (Å²) in [6.45, 7) is 4.92. The first kappa shape index (κ1) is 22.3. The maximum Gasteiger partial charge on any atom is 0.257 e.